The summed E-state index contributed by atoms with van der Waals surface area (Å²) in [5, 5.41) is 7.25. The van der Waals surface area contributed by atoms with Crippen molar-refractivity contribution in [3.8, 4) is 11.4 Å². The lowest BCUT2D eigenvalue weighted by atomic mass is 10.1. The van der Waals surface area contributed by atoms with Crippen LogP contribution in [0.3, 0.4) is 0 Å². The Hall–Kier alpha value is -2.03. The van der Waals surface area contributed by atoms with Gasteiger partial charge in [-0.2, -0.15) is 4.98 Å². The Bertz CT molecular complexity index is 727. The fraction of sp³-hybridized carbons (Fsp3) is 0.556. The number of benzene rings is 1. The number of ether oxygens (including phenoxy) is 2. The number of hydrogen-bond acceptors (Lipinski definition) is 7. The predicted octanol–water partition coefficient (Wildman–Crippen LogP) is 1.98. The minimum absolute atomic E-state index is 0.171. The minimum Gasteiger partial charge on any atom is -0.378 e. The Morgan fingerprint density at radius 2 is 2.19 bits per heavy atom. The van der Waals surface area contributed by atoms with Crippen LogP contribution in [0.1, 0.15) is 18.7 Å². The first-order valence-corrected chi connectivity index (χ1v) is 9.07. The number of anilines is 1. The van der Waals surface area contributed by atoms with Gasteiger partial charge in [0.25, 0.3) is 5.89 Å². The zero-order valence-electron chi connectivity index (χ0n) is 14.6. The van der Waals surface area contributed by atoms with Crippen LogP contribution in [0.4, 0.5) is 10.1 Å². The van der Waals surface area contributed by atoms with Crippen molar-refractivity contribution < 1.29 is 18.4 Å². The third-order valence-electron chi connectivity index (χ3n) is 4.72. The monoisotopic (exact) mass is 362 g/mol. The van der Waals surface area contributed by atoms with Gasteiger partial charge in [0.1, 0.15) is 12.4 Å². The van der Waals surface area contributed by atoms with Crippen molar-refractivity contribution in [2.75, 3.05) is 44.3 Å². The van der Waals surface area contributed by atoms with E-state index in [2.05, 4.69) is 15.5 Å². The van der Waals surface area contributed by atoms with Crippen LogP contribution < -0.4 is 10.2 Å². The molecule has 26 heavy (non-hydrogen) atoms. The van der Waals surface area contributed by atoms with E-state index in [1.165, 1.54) is 6.07 Å². The third-order valence-corrected chi connectivity index (χ3v) is 4.72. The SMILES string of the molecule is Fc1cc(-c2noc(COC3CCCNC3)n2)ccc1N1CCOCC1. The van der Waals surface area contributed by atoms with E-state index in [4.69, 9.17) is 14.0 Å². The highest BCUT2D eigenvalue weighted by Crippen LogP contribution is 2.26. The topological polar surface area (TPSA) is 72.7 Å². The summed E-state index contributed by atoms with van der Waals surface area (Å²) in [5.41, 5.74) is 1.17. The quantitative estimate of drug-likeness (QED) is 0.872. The van der Waals surface area contributed by atoms with Crippen molar-refractivity contribution in [1.82, 2.24) is 15.5 Å². The summed E-state index contributed by atoms with van der Waals surface area (Å²) >= 11 is 0. The maximum Gasteiger partial charge on any atom is 0.252 e. The van der Waals surface area contributed by atoms with Gasteiger partial charge in [0, 0.05) is 25.2 Å². The average Bonchev–Trinajstić information content (AvgIpc) is 3.17. The second-order valence-electron chi connectivity index (χ2n) is 6.56. The molecular weight excluding hydrogens is 339 g/mol. The molecular formula is C18H23FN4O3. The van der Waals surface area contributed by atoms with E-state index < -0.39 is 0 Å². The number of halogens is 1. The van der Waals surface area contributed by atoms with Crippen molar-refractivity contribution in [3.63, 3.8) is 0 Å². The number of aromatic nitrogens is 2. The molecule has 7 nitrogen and oxygen atoms in total. The second kappa shape index (κ2) is 8.11. The molecule has 0 bridgehead atoms. The molecule has 1 atom stereocenters. The Morgan fingerprint density at radius 3 is 2.96 bits per heavy atom. The third kappa shape index (κ3) is 4.03. The summed E-state index contributed by atoms with van der Waals surface area (Å²) in [6, 6.07) is 5.02. The van der Waals surface area contributed by atoms with Crippen LogP contribution in [0, 0.1) is 5.82 Å². The summed E-state index contributed by atoms with van der Waals surface area (Å²) in [5.74, 6) is 0.487. The van der Waals surface area contributed by atoms with E-state index in [9.17, 15) is 4.39 Å². The summed E-state index contributed by atoms with van der Waals surface area (Å²) in [7, 11) is 0. The molecule has 2 aliphatic heterocycles. The van der Waals surface area contributed by atoms with Crippen LogP contribution in [-0.2, 0) is 16.1 Å². The van der Waals surface area contributed by atoms with E-state index in [0.29, 0.717) is 49.3 Å². The number of nitrogens with one attached hydrogen (secondary N) is 1. The normalized spacial score (nSPS) is 21.1. The van der Waals surface area contributed by atoms with Crippen LogP contribution in [0.2, 0.25) is 0 Å². The van der Waals surface area contributed by atoms with Crippen molar-refractivity contribution in [1.29, 1.82) is 0 Å². The van der Waals surface area contributed by atoms with Crippen molar-refractivity contribution >= 4 is 5.69 Å². The van der Waals surface area contributed by atoms with E-state index in [-0.39, 0.29) is 18.5 Å². The molecule has 8 heteroatoms. The predicted molar refractivity (Wildman–Crippen MR) is 93.4 cm³/mol. The molecule has 1 aromatic carbocycles. The fourth-order valence-electron chi connectivity index (χ4n) is 3.29. The molecule has 1 N–H and O–H groups in total. The number of nitrogens with zero attached hydrogens (tertiary/aromatic N) is 3. The molecule has 0 spiro atoms. The highest BCUT2D eigenvalue weighted by Gasteiger charge is 2.18. The first-order valence-electron chi connectivity index (χ1n) is 9.07. The molecule has 0 saturated carbocycles. The van der Waals surface area contributed by atoms with Crippen molar-refractivity contribution in [3.05, 3.63) is 29.9 Å². The Balaban J connectivity index is 1.41. The Kier molecular flexibility index (Phi) is 5.42. The van der Waals surface area contributed by atoms with E-state index in [1.54, 1.807) is 6.07 Å². The fourth-order valence-corrected chi connectivity index (χ4v) is 3.29. The largest absolute Gasteiger partial charge is 0.378 e. The van der Waals surface area contributed by atoms with Crippen LogP contribution in [0.15, 0.2) is 22.7 Å². The lowest BCUT2D eigenvalue weighted by Gasteiger charge is -2.29. The second-order valence-corrected chi connectivity index (χ2v) is 6.56. The molecule has 2 aliphatic rings. The minimum atomic E-state index is -0.291. The van der Waals surface area contributed by atoms with Gasteiger partial charge in [0.15, 0.2) is 0 Å². The first kappa shape index (κ1) is 17.4. The highest BCUT2D eigenvalue weighted by molar-refractivity contribution is 5.61. The molecule has 3 heterocycles. The Morgan fingerprint density at radius 1 is 1.31 bits per heavy atom. The van der Waals surface area contributed by atoms with Gasteiger partial charge in [0.05, 0.1) is 25.0 Å². The maximum absolute atomic E-state index is 14.5. The average molecular weight is 362 g/mol. The maximum atomic E-state index is 14.5. The van der Waals surface area contributed by atoms with Gasteiger partial charge < -0.3 is 24.2 Å². The van der Waals surface area contributed by atoms with Crippen molar-refractivity contribution in [2.24, 2.45) is 0 Å². The highest BCUT2D eigenvalue weighted by atomic mass is 19.1. The standard InChI is InChI=1S/C18H23FN4O3/c19-15-10-13(3-4-16(15)23-6-8-24-9-7-23)18-21-17(26-22-18)12-25-14-2-1-5-20-11-14/h3-4,10,14,20H,1-2,5-9,11-12H2. The van der Waals surface area contributed by atoms with Gasteiger partial charge in [-0.3, -0.25) is 0 Å². The van der Waals surface area contributed by atoms with E-state index >= 15 is 0 Å². The molecule has 1 unspecified atom stereocenters. The molecule has 0 radical (unpaired) electrons. The molecule has 2 fully saturated rings. The molecule has 140 valence electrons. The lowest BCUT2D eigenvalue weighted by molar-refractivity contribution is 0.0124. The number of piperidine rings is 1. The smallest absolute Gasteiger partial charge is 0.252 e. The zero-order valence-corrected chi connectivity index (χ0v) is 14.6. The van der Waals surface area contributed by atoms with Crippen molar-refractivity contribution in [2.45, 2.75) is 25.6 Å². The van der Waals surface area contributed by atoms with Gasteiger partial charge in [0.2, 0.25) is 5.82 Å². The molecule has 2 aromatic rings. The molecule has 2 saturated heterocycles. The molecule has 0 aliphatic carbocycles. The summed E-state index contributed by atoms with van der Waals surface area (Å²) in [4.78, 5) is 6.31. The van der Waals surface area contributed by atoms with Gasteiger partial charge in [-0.15, -0.1) is 0 Å². The number of morpholine rings is 1. The van der Waals surface area contributed by atoms with Crippen LogP contribution in [0.5, 0.6) is 0 Å². The first-order chi connectivity index (χ1) is 12.8. The zero-order chi connectivity index (χ0) is 17.8. The summed E-state index contributed by atoms with van der Waals surface area (Å²) in [6.45, 7) is 4.77. The van der Waals surface area contributed by atoms with Gasteiger partial charge >= 0.3 is 0 Å². The van der Waals surface area contributed by atoms with Gasteiger partial charge in [-0.25, -0.2) is 4.39 Å². The van der Waals surface area contributed by atoms with Crippen LogP contribution in [0.25, 0.3) is 11.4 Å². The number of rotatable bonds is 5. The lowest BCUT2D eigenvalue weighted by Crippen LogP contribution is -2.36. The van der Waals surface area contributed by atoms with E-state index in [0.717, 1.165) is 25.9 Å². The molecule has 1 aromatic heterocycles. The summed E-state index contributed by atoms with van der Waals surface area (Å²) in [6.07, 6.45) is 2.31. The van der Waals surface area contributed by atoms with Gasteiger partial charge in [-0.1, -0.05) is 5.16 Å². The van der Waals surface area contributed by atoms with Gasteiger partial charge in [-0.05, 0) is 37.6 Å². The van der Waals surface area contributed by atoms with Crippen LogP contribution >= 0.6 is 0 Å². The summed E-state index contributed by atoms with van der Waals surface area (Å²) < 4.78 is 30.9. The van der Waals surface area contributed by atoms with E-state index in [1.807, 2.05) is 11.0 Å². The van der Waals surface area contributed by atoms with Crippen LogP contribution in [-0.4, -0.2) is 55.6 Å². The molecule has 0 amide bonds. The molecule has 4 rings (SSSR count). The Labute approximate surface area is 151 Å². The number of hydrogen-bond donors (Lipinski definition) is 1.